The minimum atomic E-state index is -0.255. The molecule has 2 aromatic rings. The zero-order chi connectivity index (χ0) is 14.0. The number of aryl methyl sites for hydroxylation is 2. The third-order valence-corrected chi connectivity index (χ3v) is 3.00. The molecule has 100 valence electrons. The molecular weight excluding hydrogens is 264 g/mol. The van der Waals surface area contributed by atoms with Gasteiger partial charge in [0.15, 0.2) is 0 Å². The van der Waals surface area contributed by atoms with Gasteiger partial charge in [0.1, 0.15) is 5.69 Å². The molecule has 0 atom stereocenters. The Morgan fingerprint density at radius 3 is 2.89 bits per heavy atom. The number of rotatable bonds is 3. The number of aromatic nitrogens is 2. The van der Waals surface area contributed by atoms with Gasteiger partial charge in [-0.2, -0.15) is 5.10 Å². The molecule has 1 amide bonds. The molecule has 0 radical (unpaired) electrons. The SMILES string of the molecule is CCn1nc(C)cc1C(=O)Nc1cc(N)ccc1Cl. The van der Waals surface area contributed by atoms with E-state index in [1.165, 1.54) is 0 Å². The van der Waals surface area contributed by atoms with Crippen LogP contribution in [0.25, 0.3) is 0 Å². The van der Waals surface area contributed by atoms with Gasteiger partial charge in [0.25, 0.3) is 5.91 Å². The third-order valence-electron chi connectivity index (χ3n) is 2.67. The molecule has 2 rings (SSSR count). The molecule has 0 saturated heterocycles. The van der Waals surface area contributed by atoms with E-state index in [-0.39, 0.29) is 5.91 Å². The monoisotopic (exact) mass is 278 g/mol. The van der Waals surface area contributed by atoms with E-state index in [0.29, 0.717) is 28.6 Å². The molecule has 0 unspecified atom stereocenters. The van der Waals surface area contributed by atoms with E-state index in [4.69, 9.17) is 17.3 Å². The maximum absolute atomic E-state index is 12.2. The Bertz CT molecular complexity index is 621. The van der Waals surface area contributed by atoms with E-state index in [1.54, 1.807) is 28.9 Å². The summed E-state index contributed by atoms with van der Waals surface area (Å²) in [5.41, 5.74) is 8.01. The second-order valence-electron chi connectivity index (χ2n) is 4.18. The van der Waals surface area contributed by atoms with Crippen molar-refractivity contribution in [2.45, 2.75) is 20.4 Å². The third kappa shape index (κ3) is 2.88. The van der Waals surface area contributed by atoms with Gasteiger partial charge in [-0.3, -0.25) is 9.48 Å². The fourth-order valence-electron chi connectivity index (χ4n) is 1.79. The first kappa shape index (κ1) is 13.4. The Labute approximate surface area is 116 Å². The minimum Gasteiger partial charge on any atom is -0.399 e. The number of halogens is 1. The van der Waals surface area contributed by atoms with Crippen molar-refractivity contribution in [1.29, 1.82) is 0 Å². The summed E-state index contributed by atoms with van der Waals surface area (Å²) in [5, 5.41) is 7.42. The van der Waals surface area contributed by atoms with Crippen LogP contribution in [-0.2, 0) is 6.54 Å². The quantitative estimate of drug-likeness (QED) is 0.848. The van der Waals surface area contributed by atoms with Crippen LogP contribution in [0.3, 0.4) is 0 Å². The molecule has 0 fully saturated rings. The summed E-state index contributed by atoms with van der Waals surface area (Å²) in [6.45, 7) is 4.40. The molecule has 0 aliphatic heterocycles. The highest BCUT2D eigenvalue weighted by Gasteiger charge is 2.14. The lowest BCUT2D eigenvalue weighted by Crippen LogP contribution is -2.17. The first-order valence-electron chi connectivity index (χ1n) is 5.92. The fraction of sp³-hybridized carbons (Fsp3) is 0.231. The maximum Gasteiger partial charge on any atom is 0.273 e. The second kappa shape index (κ2) is 5.32. The summed E-state index contributed by atoms with van der Waals surface area (Å²) in [6, 6.07) is 6.69. The van der Waals surface area contributed by atoms with Crippen LogP contribution in [-0.4, -0.2) is 15.7 Å². The average molecular weight is 279 g/mol. The standard InChI is InChI=1S/C13H15ClN4O/c1-3-18-12(6-8(2)17-18)13(19)16-11-7-9(15)4-5-10(11)14/h4-7H,3,15H2,1-2H3,(H,16,19). The number of nitrogens with one attached hydrogen (secondary N) is 1. The number of benzene rings is 1. The van der Waals surface area contributed by atoms with Gasteiger partial charge in [0, 0.05) is 12.2 Å². The van der Waals surface area contributed by atoms with E-state index in [9.17, 15) is 4.79 Å². The number of nitrogens with two attached hydrogens (primary N) is 1. The predicted octanol–water partition coefficient (Wildman–Crippen LogP) is 2.70. The number of nitrogen functional groups attached to an aromatic ring is 1. The Kier molecular flexibility index (Phi) is 3.76. The van der Waals surface area contributed by atoms with E-state index >= 15 is 0 Å². The molecule has 1 heterocycles. The maximum atomic E-state index is 12.2. The number of carbonyl (C=O) groups is 1. The molecule has 3 N–H and O–H groups in total. The second-order valence-corrected chi connectivity index (χ2v) is 4.59. The molecule has 0 spiro atoms. The van der Waals surface area contributed by atoms with Crippen molar-refractivity contribution in [3.63, 3.8) is 0 Å². The van der Waals surface area contributed by atoms with Gasteiger partial charge in [0.2, 0.25) is 0 Å². The summed E-state index contributed by atoms with van der Waals surface area (Å²) in [6.07, 6.45) is 0. The summed E-state index contributed by atoms with van der Waals surface area (Å²) < 4.78 is 1.64. The Morgan fingerprint density at radius 1 is 1.47 bits per heavy atom. The van der Waals surface area contributed by atoms with Gasteiger partial charge >= 0.3 is 0 Å². The van der Waals surface area contributed by atoms with Crippen LogP contribution in [0.2, 0.25) is 5.02 Å². The molecule has 6 heteroatoms. The number of anilines is 2. The van der Waals surface area contributed by atoms with Crippen LogP contribution in [0.15, 0.2) is 24.3 Å². The lowest BCUT2D eigenvalue weighted by Gasteiger charge is -2.08. The van der Waals surface area contributed by atoms with Gasteiger partial charge in [0.05, 0.1) is 16.4 Å². The molecule has 1 aromatic carbocycles. The highest BCUT2D eigenvalue weighted by Crippen LogP contribution is 2.24. The van der Waals surface area contributed by atoms with Crippen molar-refractivity contribution < 1.29 is 4.79 Å². The van der Waals surface area contributed by atoms with Crippen molar-refractivity contribution in [2.24, 2.45) is 0 Å². The van der Waals surface area contributed by atoms with Gasteiger partial charge in [-0.05, 0) is 38.1 Å². The van der Waals surface area contributed by atoms with E-state index in [0.717, 1.165) is 5.69 Å². The van der Waals surface area contributed by atoms with E-state index in [2.05, 4.69) is 10.4 Å². The molecule has 0 aliphatic carbocycles. The number of nitrogens with zero attached hydrogens (tertiary/aromatic N) is 2. The Morgan fingerprint density at radius 2 is 2.21 bits per heavy atom. The van der Waals surface area contributed by atoms with E-state index < -0.39 is 0 Å². The first-order valence-corrected chi connectivity index (χ1v) is 6.30. The van der Waals surface area contributed by atoms with Crippen molar-refractivity contribution in [3.05, 3.63) is 40.7 Å². The van der Waals surface area contributed by atoms with Crippen molar-refractivity contribution in [1.82, 2.24) is 9.78 Å². The largest absolute Gasteiger partial charge is 0.399 e. The number of hydrogen-bond donors (Lipinski definition) is 2. The highest BCUT2D eigenvalue weighted by molar-refractivity contribution is 6.34. The average Bonchev–Trinajstić information content (AvgIpc) is 2.75. The number of hydrogen-bond acceptors (Lipinski definition) is 3. The van der Waals surface area contributed by atoms with Gasteiger partial charge in [-0.1, -0.05) is 11.6 Å². The Hall–Kier alpha value is -2.01. The van der Waals surface area contributed by atoms with Crippen LogP contribution in [0.4, 0.5) is 11.4 Å². The fourth-order valence-corrected chi connectivity index (χ4v) is 1.96. The molecule has 19 heavy (non-hydrogen) atoms. The zero-order valence-corrected chi connectivity index (χ0v) is 11.5. The predicted molar refractivity (Wildman–Crippen MR) is 76.5 cm³/mol. The summed E-state index contributed by atoms with van der Waals surface area (Å²) in [5.74, 6) is -0.255. The van der Waals surface area contributed by atoms with Gasteiger partial charge in [-0.25, -0.2) is 0 Å². The minimum absolute atomic E-state index is 0.255. The number of amides is 1. The van der Waals surface area contributed by atoms with Crippen LogP contribution in [0.5, 0.6) is 0 Å². The zero-order valence-electron chi connectivity index (χ0n) is 10.8. The molecular formula is C13H15ClN4O. The first-order chi connectivity index (χ1) is 9.01. The molecule has 0 bridgehead atoms. The van der Waals surface area contributed by atoms with Crippen molar-refractivity contribution in [2.75, 3.05) is 11.1 Å². The van der Waals surface area contributed by atoms with Crippen LogP contribution >= 0.6 is 11.6 Å². The molecule has 0 saturated carbocycles. The smallest absolute Gasteiger partial charge is 0.273 e. The molecule has 5 nitrogen and oxygen atoms in total. The topological polar surface area (TPSA) is 72.9 Å². The van der Waals surface area contributed by atoms with Crippen LogP contribution in [0.1, 0.15) is 23.1 Å². The summed E-state index contributed by atoms with van der Waals surface area (Å²) in [7, 11) is 0. The van der Waals surface area contributed by atoms with Gasteiger partial charge in [-0.15, -0.1) is 0 Å². The van der Waals surface area contributed by atoms with E-state index in [1.807, 2.05) is 13.8 Å². The lowest BCUT2D eigenvalue weighted by atomic mass is 10.2. The van der Waals surface area contributed by atoms with Crippen LogP contribution in [0, 0.1) is 6.92 Å². The molecule has 0 aliphatic rings. The molecule has 1 aromatic heterocycles. The lowest BCUT2D eigenvalue weighted by molar-refractivity contribution is 0.101. The Balaban J connectivity index is 2.27. The summed E-state index contributed by atoms with van der Waals surface area (Å²) >= 11 is 6.01. The number of carbonyl (C=O) groups excluding carboxylic acids is 1. The van der Waals surface area contributed by atoms with Crippen molar-refractivity contribution in [3.8, 4) is 0 Å². The van der Waals surface area contributed by atoms with Gasteiger partial charge < -0.3 is 11.1 Å². The van der Waals surface area contributed by atoms with Crippen LogP contribution < -0.4 is 11.1 Å². The normalized spacial score (nSPS) is 10.5. The highest BCUT2D eigenvalue weighted by atomic mass is 35.5. The summed E-state index contributed by atoms with van der Waals surface area (Å²) in [4.78, 5) is 12.2. The van der Waals surface area contributed by atoms with Crippen molar-refractivity contribution >= 4 is 28.9 Å².